The SMILES string of the molecule is COCCONCc1csc(-c2ccccn2)n1. The predicted octanol–water partition coefficient (Wildman–Crippen LogP) is 1.87. The summed E-state index contributed by atoms with van der Waals surface area (Å²) in [4.78, 5) is 13.9. The number of ether oxygens (including phenoxy) is 1. The Morgan fingerprint density at radius 2 is 2.28 bits per heavy atom. The molecular formula is C12H15N3O2S. The van der Waals surface area contributed by atoms with Gasteiger partial charge in [0.05, 0.1) is 31.1 Å². The normalized spacial score (nSPS) is 10.7. The minimum atomic E-state index is 0.522. The van der Waals surface area contributed by atoms with Gasteiger partial charge in [0, 0.05) is 18.7 Å². The third-order valence-electron chi connectivity index (χ3n) is 2.18. The van der Waals surface area contributed by atoms with Crippen LogP contribution < -0.4 is 5.48 Å². The molecule has 6 heteroatoms. The third-order valence-corrected chi connectivity index (χ3v) is 3.09. The summed E-state index contributed by atoms with van der Waals surface area (Å²) in [5.74, 6) is 0. The standard InChI is InChI=1S/C12H15N3O2S/c1-16-6-7-17-14-8-10-9-18-12(15-10)11-4-2-3-5-13-11/h2-5,9,14H,6-8H2,1H3. The number of methoxy groups -OCH3 is 1. The molecule has 0 radical (unpaired) electrons. The van der Waals surface area contributed by atoms with Crippen molar-refractivity contribution in [2.75, 3.05) is 20.3 Å². The van der Waals surface area contributed by atoms with Gasteiger partial charge in [-0.25, -0.2) is 4.98 Å². The Bertz CT molecular complexity index is 461. The molecule has 0 aliphatic rings. The van der Waals surface area contributed by atoms with E-state index >= 15 is 0 Å². The number of pyridine rings is 1. The lowest BCUT2D eigenvalue weighted by Crippen LogP contribution is -2.17. The van der Waals surface area contributed by atoms with Crippen LogP contribution in [-0.4, -0.2) is 30.3 Å². The van der Waals surface area contributed by atoms with E-state index in [4.69, 9.17) is 9.57 Å². The zero-order valence-corrected chi connectivity index (χ0v) is 10.9. The second-order valence-corrected chi connectivity index (χ2v) is 4.38. The van der Waals surface area contributed by atoms with Crippen LogP contribution in [0.1, 0.15) is 5.69 Å². The van der Waals surface area contributed by atoms with Crippen molar-refractivity contribution in [3.05, 3.63) is 35.5 Å². The molecule has 0 saturated heterocycles. The Morgan fingerprint density at radius 3 is 3.06 bits per heavy atom. The average molecular weight is 265 g/mol. The highest BCUT2D eigenvalue weighted by atomic mass is 32.1. The minimum absolute atomic E-state index is 0.522. The van der Waals surface area contributed by atoms with Gasteiger partial charge in [0.25, 0.3) is 0 Å². The van der Waals surface area contributed by atoms with E-state index in [0.717, 1.165) is 16.4 Å². The highest BCUT2D eigenvalue weighted by Gasteiger charge is 2.04. The molecule has 5 nitrogen and oxygen atoms in total. The number of rotatable bonds is 7. The number of aromatic nitrogens is 2. The minimum Gasteiger partial charge on any atom is -0.382 e. The van der Waals surface area contributed by atoms with Crippen LogP contribution in [0.5, 0.6) is 0 Å². The van der Waals surface area contributed by atoms with Gasteiger partial charge in [-0.3, -0.25) is 9.82 Å². The summed E-state index contributed by atoms with van der Waals surface area (Å²) in [5, 5.41) is 2.92. The number of thiazole rings is 1. The van der Waals surface area contributed by atoms with Gasteiger partial charge in [-0.05, 0) is 12.1 Å². The van der Waals surface area contributed by atoms with Crippen molar-refractivity contribution < 1.29 is 9.57 Å². The number of hydrogen-bond acceptors (Lipinski definition) is 6. The van der Waals surface area contributed by atoms with Crippen LogP contribution in [0.15, 0.2) is 29.8 Å². The van der Waals surface area contributed by atoms with E-state index in [1.54, 1.807) is 24.6 Å². The molecule has 0 spiro atoms. The molecule has 0 saturated carbocycles. The van der Waals surface area contributed by atoms with Gasteiger partial charge in [0.2, 0.25) is 0 Å². The first-order valence-electron chi connectivity index (χ1n) is 5.59. The second-order valence-electron chi connectivity index (χ2n) is 3.52. The molecule has 0 unspecified atom stereocenters. The van der Waals surface area contributed by atoms with Gasteiger partial charge < -0.3 is 4.74 Å². The maximum Gasteiger partial charge on any atom is 0.142 e. The topological polar surface area (TPSA) is 56.3 Å². The van der Waals surface area contributed by atoms with E-state index in [9.17, 15) is 0 Å². The van der Waals surface area contributed by atoms with Gasteiger partial charge in [-0.1, -0.05) is 6.07 Å². The second kappa shape index (κ2) is 7.17. The molecular weight excluding hydrogens is 250 g/mol. The first kappa shape index (κ1) is 13.1. The van der Waals surface area contributed by atoms with Crippen LogP contribution in [0.3, 0.4) is 0 Å². The number of hydroxylamine groups is 1. The molecule has 0 aromatic carbocycles. The zero-order chi connectivity index (χ0) is 12.6. The predicted molar refractivity (Wildman–Crippen MR) is 70.0 cm³/mol. The maximum absolute atomic E-state index is 5.17. The molecule has 1 N–H and O–H groups in total. The smallest absolute Gasteiger partial charge is 0.142 e. The monoisotopic (exact) mass is 265 g/mol. The Labute approximate surface area is 110 Å². The van der Waals surface area contributed by atoms with Gasteiger partial charge in [-0.2, -0.15) is 5.48 Å². The van der Waals surface area contributed by atoms with E-state index < -0.39 is 0 Å². The largest absolute Gasteiger partial charge is 0.382 e. The van der Waals surface area contributed by atoms with Crippen LogP contribution in [0.2, 0.25) is 0 Å². The summed E-state index contributed by atoms with van der Waals surface area (Å²) in [6.07, 6.45) is 1.77. The number of nitrogens with one attached hydrogen (secondary N) is 1. The summed E-state index contributed by atoms with van der Waals surface area (Å²) in [7, 11) is 1.64. The highest BCUT2D eigenvalue weighted by Crippen LogP contribution is 2.20. The van der Waals surface area contributed by atoms with Crippen LogP contribution in [0, 0.1) is 0 Å². The molecule has 2 aromatic rings. The van der Waals surface area contributed by atoms with Gasteiger partial charge in [0.1, 0.15) is 5.01 Å². The molecule has 0 bridgehead atoms. The van der Waals surface area contributed by atoms with Gasteiger partial charge in [-0.15, -0.1) is 11.3 Å². The van der Waals surface area contributed by atoms with Crippen LogP contribution in [-0.2, 0) is 16.1 Å². The molecule has 2 aromatic heterocycles. The summed E-state index contributed by atoms with van der Waals surface area (Å²) < 4.78 is 4.87. The zero-order valence-electron chi connectivity index (χ0n) is 10.1. The van der Waals surface area contributed by atoms with Crippen molar-refractivity contribution in [3.8, 4) is 10.7 Å². The van der Waals surface area contributed by atoms with Crippen molar-refractivity contribution >= 4 is 11.3 Å². The van der Waals surface area contributed by atoms with Crippen molar-refractivity contribution in [1.29, 1.82) is 0 Å². The van der Waals surface area contributed by atoms with E-state index in [2.05, 4.69) is 15.4 Å². The van der Waals surface area contributed by atoms with E-state index in [1.165, 1.54) is 0 Å². The van der Waals surface area contributed by atoms with E-state index in [0.29, 0.717) is 19.8 Å². The van der Waals surface area contributed by atoms with E-state index in [1.807, 2.05) is 23.6 Å². The number of nitrogens with zero attached hydrogens (tertiary/aromatic N) is 2. The summed E-state index contributed by atoms with van der Waals surface area (Å²) in [6, 6.07) is 5.80. The fraction of sp³-hybridized carbons (Fsp3) is 0.333. The average Bonchev–Trinajstić information content (AvgIpc) is 2.88. The van der Waals surface area contributed by atoms with Crippen molar-refractivity contribution in [3.63, 3.8) is 0 Å². The molecule has 0 aliphatic carbocycles. The molecule has 0 aliphatic heterocycles. The summed E-state index contributed by atoms with van der Waals surface area (Å²) >= 11 is 1.58. The fourth-order valence-corrected chi connectivity index (χ4v) is 2.11. The lowest BCUT2D eigenvalue weighted by atomic mass is 10.4. The van der Waals surface area contributed by atoms with Gasteiger partial charge >= 0.3 is 0 Å². The lowest BCUT2D eigenvalue weighted by Gasteiger charge is -2.02. The Kier molecular flexibility index (Phi) is 5.22. The fourth-order valence-electron chi connectivity index (χ4n) is 1.32. The van der Waals surface area contributed by atoms with Crippen molar-refractivity contribution in [1.82, 2.24) is 15.4 Å². The molecule has 2 heterocycles. The van der Waals surface area contributed by atoms with Crippen LogP contribution >= 0.6 is 11.3 Å². The first-order chi connectivity index (χ1) is 8.90. The molecule has 0 fully saturated rings. The third kappa shape index (κ3) is 3.85. The summed E-state index contributed by atoms with van der Waals surface area (Å²) in [5.41, 5.74) is 4.68. The Hall–Kier alpha value is -1.34. The van der Waals surface area contributed by atoms with E-state index in [-0.39, 0.29) is 0 Å². The van der Waals surface area contributed by atoms with Crippen molar-refractivity contribution in [2.24, 2.45) is 0 Å². The van der Waals surface area contributed by atoms with Gasteiger partial charge in [0.15, 0.2) is 0 Å². The molecule has 0 amide bonds. The Balaban J connectivity index is 1.83. The highest BCUT2D eigenvalue weighted by molar-refractivity contribution is 7.13. The molecule has 96 valence electrons. The maximum atomic E-state index is 5.17. The van der Waals surface area contributed by atoms with Crippen LogP contribution in [0.4, 0.5) is 0 Å². The van der Waals surface area contributed by atoms with Crippen molar-refractivity contribution in [2.45, 2.75) is 6.54 Å². The first-order valence-corrected chi connectivity index (χ1v) is 6.47. The number of hydrogen-bond donors (Lipinski definition) is 1. The Morgan fingerprint density at radius 1 is 1.33 bits per heavy atom. The quantitative estimate of drug-likeness (QED) is 0.612. The van der Waals surface area contributed by atoms with Crippen LogP contribution in [0.25, 0.3) is 10.7 Å². The molecule has 18 heavy (non-hydrogen) atoms. The molecule has 0 atom stereocenters. The molecule has 2 rings (SSSR count). The lowest BCUT2D eigenvalue weighted by molar-refractivity contribution is 0.00306. The summed E-state index contributed by atoms with van der Waals surface area (Å²) in [6.45, 7) is 1.67.